The molecule has 2 aromatic rings. The van der Waals surface area contributed by atoms with Crippen molar-refractivity contribution < 1.29 is 9.59 Å². The lowest BCUT2D eigenvalue weighted by Gasteiger charge is -2.12. The fourth-order valence-corrected chi connectivity index (χ4v) is 3.09. The largest absolute Gasteiger partial charge is 0.350 e. The van der Waals surface area contributed by atoms with E-state index >= 15 is 0 Å². The van der Waals surface area contributed by atoms with E-state index in [1.165, 1.54) is 24.2 Å². The summed E-state index contributed by atoms with van der Waals surface area (Å²) in [5, 5.41) is 7.61. The third-order valence-electron chi connectivity index (χ3n) is 4.14. The molecule has 134 valence electrons. The van der Waals surface area contributed by atoms with Crippen LogP contribution in [0.2, 0.25) is 0 Å². The molecule has 1 saturated carbocycles. The Morgan fingerprint density at radius 1 is 1.12 bits per heavy atom. The van der Waals surface area contributed by atoms with Crippen LogP contribution >= 0.6 is 23.7 Å². The van der Waals surface area contributed by atoms with Gasteiger partial charge in [0.05, 0.1) is 4.88 Å². The van der Waals surface area contributed by atoms with Crippen LogP contribution in [0.3, 0.4) is 0 Å². The molecule has 1 fully saturated rings. The highest BCUT2D eigenvalue weighted by molar-refractivity contribution is 7.12. The molecule has 1 aliphatic rings. The Morgan fingerprint density at radius 2 is 1.84 bits per heavy atom. The van der Waals surface area contributed by atoms with Gasteiger partial charge in [-0.2, -0.15) is 0 Å². The first-order valence-corrected chi connectivity index (χ1v) is 8.96. The topological polar surface area (TPSA) is 84.2 Å². The first-order chi connectivity index (χ1) is 11.6. The molecule has 0 spiro atoms. The molecule has 5 nitrogen and oxygen atoms in total. The highest BCUT2D eigenvalue weighted by atomic mass is 35.5. The van der Waals surface area contributed by atoms with Gasteiger partial charge in [0.25, 0.3) is 11.8 Å². The molecule has 0 aliphatic heterocycles. The van der Waals surface area contributed by atoms with Crippen molar-refractivity contribution in [2.45, 2.75) is 25.4 Å². The monoisotopic (exact) mass is 379 g/mol. The van der Waals surface area contributed by atoms with Crippen molar-refractivity contribution in [2.24, 2.45) is 11.7 Å². The van der Waals surface area contributed by atoms with Crippen LogP contribution in [0.15, 0.2) is 41.8 Å². The van der Waals surface area contributed by atoms with Crippen LogP contribution in [0.5, 0.6) is 0 Å². The van der Waals surface area contributed by atoms with Gasteiger partial charge in [-0.15, -0.1) is 23.7 Å². The van der Waals surface area contributed by atoms with Crippen molar-refractivity contribution in [1.82, 2.24) is 10.6 Å². The zero-order valence-electron chi connectivity index (χ0n) is 13.7. The van der Waals surface area contributed by atoms with Gasteiger partial charge in [0.1, 0.15) is 0 Å². The Kier molecular flexibility index (Phi) is 6.99. The standard InChI is InChI=1S/C18H21N3O2S.ClH/c19-15(13-7-8-13)11-21-17(22)14-5-3-12(4-6-14)10-20-18(23)16-2-1-9-24-16;/h1-6,9,13,15H,7-8,10-11,19H2,(H,20,23)(H,21,22);1H. The molecule has 25 heavy (non-hydrogen) atoms. The smallest absolute Gasteiger partial charge is 0.261 e. The van der Waals surface area contributed by atoms with Crippen LogP contribution in [0, 0.1) is 5.92 Å². The van der Waals surface area contributed by atoms with Crippen LogP contribution < -0.4 is 16.4 Å². The lowest BCUT2D eigenvalue weighted by molar-refractivity contribution is 0.0943. The molecule has 4 N–H and O–H groups in total. The minimum absolute atomic E-state index is 0. The lowest BCUT2D eigenvalue weighted by Crippen LogP contribution is -2.38. The maximum atomic E-state index is 12.1. The average molecular weight is 380 g/mol. The fraction of sp³-hybridized carbons (Fsp3) is 0.333. The number of rotatable bonds is 7. The Bertz CT molecular complexity index is 700. The zero-order chi connectivity index (χ0) is 16.9. The molecule has 2 amide bonds. The van der Waals surface area contributed by atoms with E-state index in [2.05, 4.69) is 10.6 Å². The maximum Gasteiger partial charge on any atom is 0.261 e. The first kappa shape index (κ1) is 19.4. The summed E-state index contributed by atoms with van der Waals surface area (Å²) in [6.07, 6.45) is 2.34. The number of carbonyl (C=O) groups excluding carboxylic acids is 2. The van der Waals surface area contributed by atoms with E-state index in [-0.39, 0.29) is 30.3 Å². The highest BCUT2D eigenvalue weighted by Crippen LogP contribution is 2.31. The maximum absolute atomic E-state index is 12.1. The van der Waals surface area contributed by atoms with Crippen molar-refractivity contribution in [1.29, 1.82) is 0 Å². The second kappa shape index (κ2) is 8.99. The van der Waals surface area contributed by atoms with Gasteiger partial charge in [0.2, 0.25) is 0 Å². The molecule has 1 atom stereocenters. The summed E-state index contributed by atoms with van der Waals surface area (Å²) in [6.45, 7) is 0.952. The van der Waals surface area contributed by atoms with Crippen molar-refractivity contribution in [3.63, 3.8) is 0 Å². The van der Waals surface area contributed by atoms with Gasteiger partial charge in [-0.1, -0.05) is 18.2 Å². The number of nitrogens with two attached hydrogens (primary N) is 1. The molecular weight excluding hydrogens is 358 g/mol. The minimum atomic E-state index is -0.111. The van der Waals surface area contributed by atoms with Gasteiger partial charge in [0.15, 0.2) is 0 Å². The molecule has 0 saturated heterocycles. The number of hydrogen-bond acceptors (Lipinski definition) is 4. The summed E-state index contributed by atoms with van der Waals surface area (Å²) in [6, 6.07) is 10.9. The van der Waals surface area contributed by atoms with Gasteiger partial charge in [-0.05, 0) is 47.9 Å². The van der Waals surface area contributed by atoms with Gasteiger partial charge < -0.3 is 16.4 Å². The van der Waals surface area contributed by atoms with Gasteiger partial charge in [-0.25, -0.2) is 0 Å². The molecule has 0 bridgehead atoms. The van der Waals surface area contributed by atoms with Crippen molar-refractivity contribution in [2.75, 3.05) is 6.54 Å². The SMILES string of the molecule is Cl.NC(CNC(=O)c1ccc(CNC(=O)c2cccs2)cc1)C1CC1. The number of carbonyl (C=O) groups is 2. The summed E-state index contributed by atoms with van der Waals surface area (Å²) in [4.78, 5) is 24.7. The Balaban J connectivity index is 0.00000225. The first-order valence-electron chi connectivity index (χ1n) is 8.08. The van der Waals surface area contributed by atoms with Crippen LogP contribution in [0.25, 0.3) is 0 Å². The highest BCUT2D eigenvalue weighted by Gasteiger charge is 2.28. The van der Waals surface area contributed by atoms with Crippen LogP contribution in [0.4, 0.5) is 0 Å². The van der Waals surface area contributed by atoms with E-state index in [9.17, 15) is 9.59 Å². The van der Waals surface area contributed by atoms with Crippen molar-refractivity contribution >= 4 is 35.6 Å². The van der Waals surface area contributed by atoms with Crippen molar-refractivity contribution in [3.05, 3.63) is 57.8 Å². The third-order valence-corrected chi connectivity index (χ3v) is 5.01. The van der Waals surface area contributed by atoms with Crippen LogP contribution in [-0.4, -0.2) is 24.4 Å². The lowest BCUT2D eigenvalue weighted by atomic mass is 10.1. The molecule has 1 aromatic carbocycles. The van der Waals surface area contributed by atoms with E-state index in [1.54, 1.807) is 18.2 Å². The molecule has 1 aromatic heterocycles. The number of benzene rings is 1. The van der Waals surface area contributed by atoms with Gasteiger partial charge in [0, 0.05) is 24.7 Å². The quantitative estimate of drug-likeness (QED) is 0.691. The van der Waals surface area contributed by atoms with Gasteiger partial charge >= 0.3 is 0 Å². The summed E-state index contributed by atoms with van der Waals surface area (Å²) < 4.78 is 0. The van der Waals surface area contributed by atoms with Crippen molar-refractivity contribution in [3.8, 4) is 0 Å². The molecule has 7 heteroatoms. The van der Waals surface area contributed by atoms with Gasteiger partial charge in [-0.3, -0.25) is 9.59 Å². The molecular formula is C18H22ClN3O2S. The van der Waals surface area contributed by atoms with E-state index in [0.717, 1.165) is 5.56 Å². The number of thiophene rings is 1. The van der Waals surface area contributed by atoms with Crippen LogP contribution in [-0.2, 0) is 6.54 Å². The predicted molar refractivity (Wildman–Crippen MR) is 102 cm³/mol. The Labute approximate surface area is 157 Å². The fourth-order valence-electron chi connectivity index (χ4n) is 2.45. The number of hydrogen-bond donors (Lipinski definition) is 3. The number of amides is 2. The molecule has 3 rings (SSSR count). The Hall–Kier alpha value is -1.89. The van der Waals surface area contributed by atoms with E-state index in [4.69, 9.17) is 5.73 Å². The minimum Gasteiger partial charge on any atom is -0.350 e. The summed E-state index contributed by atoms with van der Waals surface area (Å²) >= 11 is 1.41. The van der Waals surface area contributed by atoms with E-state index in [0.29, 0.717) is 29.4 Å². The average Bonchev–Trinajstić information content (AvgIpc) is 3.32. The third kappa shape index (κ3) is 5.56. The molecule has 1 unspecified atom stereocenters. The summed E-state index contributed by atoms with van der Waals surface area (Å²) in [5.74, 6) is 0.376. The molecule has 0 radical (unpaired) electrons. The summed E-state index contributed by atoms with van der Waals surface area (Å²) in [7, 11) is 0. The number of nitrogens with one attached hydrogen (secondary N) is 2. The number of halogens is 1. The zero-order valence-corrected chi connectivity index (χ0v) is 15.4. The van der Waals surface area contributed by atoms with Crippen LogP contribution in [0.1, 0.15) is 38.4 Å². The second-order valence-corrected chi connectivity index (χ2v) is 7.02. The predicted octanol–water partition coefficient (Wildman–Crippen LogP) is 2.57. The molecule has 1 heterocycles. The Morgan fingerprint density at radius 3 is 2.44 bits per heavy atom. The van der Waals surface area contributed by atoms with E-state index < -0.39 is 0 Å². The summed E-state index contributed by atoms with van der Waals surface area (Å²) in [5.41, 5.74) is 7.54. The normalized spacial score (nSPS) is 14.3. The second-order valence-electron chi connectivity index (χ2n) is 6.07. The van der Waals surface area contributed by atoms with E-state index in [1.807, 2.05) is 23.6 Å². The molecule has 1 aliphatic carbocycles.